The minimum atomic E-state index is -0.458. The van der Waals surface area contributed by atoms with Crippen molar-refractivity contribution in [3.05, 3.63) is 16.0 Å². The molecule has 0 saturated carbocycles. The zero-order chi connectivity index (χ0) is 16.4. The van der Waals surface area contributed by atoms with Crippen molar-refractivity contribution in [1.82, 2.24) is 4.90 Å². The Morgan fingerprint density at radius 2 is 2.00 bits per heavy atom. The summed E-state index contributed by atoms with van der Waals surface area (Å²) >= 11 is 8.21. The van der Waals surface area contributed by atoms with E-state index in [1.54, 1.807) is 0 Å². The molecule has 5 nitrogen and oxygen atoms in total. The van der Waals surface area contributed by atoms with E-state index >= 15 is 0 Å². The van der Waals surface area contributed by atoms with Gasteiger partial charge < -0.3 is 16.0 Å². The van der Waals surface area contributed by atoms with Crippen LogP contribution in [0.1, 0.15) is 40.1 Å². The fraction of sp³-hybridized carbons (Fsp3) is 0.533. The maximum absolute atomic E-state index is 12.2. The number of thiophene rings is 1. The average Bonchev–Trinajstić information content (AvgIpc) is 3.20. The van der Waals surface area contributed by atoms with Gasteiger partial charge >= 0.3 is 0 Å². The van der Waals surface area contributed by atoms with Gasteiger partial charge in [0.25, 0.3) is 5.91 Å². The van der Waals surface area contributed by atoms with E-state index in [9.17, 15) is 9.59 Å². The topological polar surface area (TPSA) is 75.4 Å². The zero-order valence-corrected chi connectivity index (χ0v) is 15.2. The molecule has 3 rings (SSSR count). The van der Waals surface area contributed by atoms with E-state index in [1.165, 1.54) is 28.0 Å². The van der Waals surface area contributed by atoms with Crippen LogP contribution in [0, 0.1) is 0 Å². The number of thiocarbonyl (C=S) groups is 1. The first-order valence-electron chi connectivity index (χ1n) is 7.72. The SMILES string of the molecule is NC(=O)c1c(NC(=O)CSC(=S)N2CCCC2)sc2c1CCC2. The number of nitrogens with zero attached hydrogens (tertiary/aromatic N) is 1. The van der Waals surface area contributed by atoms with Crippen LogP contribution in [0.3, 0.4) is 0 Å². The number of aryl methyl sites for hydroxylation is 1. The number of likely N-dealkylation sites (tertiary alicyclic amines) is 1. The van der Waals surface area contributed by atoms with Crippen molar-refractivity contribution in [2.75, 3.05) is 24.2 Å². The lowest BCUT2D eigenvalue weighted by atomic mass is 10.1. The van der Waals surface area contributed by atoms with E-state index in [-0.39, 0.29) is 11.7 Å². The van der Waals surface area contributed by atoms with Crippen LogP contribution < -0.4 is 11.1 Å². The molecule has 8 heteroatoms. The minimum Gasteiger partial charge on any atom is -0.365 e. The summed E-state index contributed by atoms with van der Waals surface area (Å²) in [6.45, 7) is 1.97. The van der Waals surface area contributed by atoms with Crippen molar-refractivity contribution < 1.29 is 9.59 Å². The molecule has 1 aliphatic heterocycles. The van der Waals surface area contributed by atoms with E-state index in [0.717, 1.165) is 55.1 Å². The smallest absolute Gasteiger partial charge is 0.251 e. The number of hydrogen-bond acceptors (Lipinski definition) is 5. The molecule has 1 aliphatic carbocycles. The number of carbonyl (C=O) groups excluding carboxylic acids is 2. The highest BCUT2D eigenvalue weighted by Crippen LogP contribution is 2.38. The Morgan fingerprint density at radius 1 is 1.26 bits per heavy atom. The number of amides is 2. The van der Waals surface area contributed by atoms with Gasteiger partial charge in [-0.05, 0) is 37.7 Å². The van der Waals surface area contributed by atoms with Gasteiger partial charge in [0.15, 0.2) is 0 Å². The number of thioether (sulfide) groups is 1. The zero-order valence-electron chi connectivity index (χ0n) is 12.7. The highest BCUT2D eigenvalue weighted by atomic mass is 32.2. The van der Waals surface area contributed by atoms with Crippen LogP contribution in [0.2, 0.25) is 0 Å². The molecule has 0 unspecified atom stereocenters. The average molecular weight is 370 g/mol. The minimum absolute atomic E-state index is 0.140. The predicted octanol–water partition coefficient (Wildman–Crippen LogP) is 2.39. The van der Waals surface area contributed by atoms with Crippen LogP contribution >= 0.6 is 35.3 Å². The van der Waals surface area contributed by atoms with E-state index in [1.807, 2.05) is 0 Å². The van der Waals surface area contributed by atoms with E-state index in [4.69, 9.17) is 18.0 Å². The molecule has 0 bridgehead atoms. The number of fused-ring (bicyclic) bond motifs is 1. The number of primary amides is 1. The molecule has 0 radical (unpaired) electrons. The summed E-state index contributed by atoms with van der Waals surface area (Å²) < 4.78 is 0.779. The molecule has 1 aromatic heterocycles. The number of rotatable bonds is 4. The summed E-state index contributed by atoms with van der Waals surface area (Å²) in [5.74, 6) is -0.338. The number of nitrogens with one attached hydrogen (secondary N) is 1. The molecule has 2 aliphatic rings. The highest BCUT2D eigenvalue weighted by molar-refractivity contribution is 8.23. The predicted molar refractivity (Wildman–Crippen MR) is 99.4 cm³/mol. The largest absolute Gasteiger partial charge is 0.365 e. The van der Waals surface area contributed by atoms with Crippen LogP contribution in [0.25, 0.3) is 0 Å². The van der Waals surface area contributed by atoms with Crippen LogP contribution in [0.4, 0.5) is 5.00 Å². The lowest BCUT2D eigenvalue weighted by Crippen LogP contribution is -2.25. The van der Waals surface area contributed by atoms with E-state index < -0.39 is 5.91 Å². The van der Waals surface area contributed by atoms with Crippen molar-refractivity contribution in [3.63, 3.8) is 0 Å². The second-order valence-corrected chi connectivity index (χ2v) is 8.44. The third-order valence-corrected chi connectivity index (χ3v) is 6.84. The van der Waals surface area contributed by atoms with Crippen molar-refractivity contribution in [3.8, 4) is 0 Å². The first-order chi connectivity index (χ1) is 11.1. The Kier molecular flexibility index (Phi) is 5.23. The van der Waals surface area contributed by atoms with Crippen molar-refractivity contribution >= 4 is 56.5 Å². The highest BCUT2D eigenvalue weighted by Gasteiger charge is 2.26. The van der Waals surface area contributed by atoms with Crippen LogP contribution in [0.15, 0.2) is 0 Å². The van der Waals surface area contributed by atoms with Gasteiger partial charge in [0.05, 0.1) is 11.3 Å². The summed E-state index contributed by atoms with van der Waals surface area (Å²) in [4.78, 5) is 27.2. The fourth-order valence-corrected chi connectivity index (χ4v) is 5.40. The third-order valence-electron chi connectivity index (χ3n) is 4.11. The molecule has 1 aromatic rings. The van der Waals surface area contributed by atoms with Gasteiger partial charge in [-0.25, -0.2) is 0 Å². The standard InChI is InChI=1S/C15H19N3O2S3/c16-13(20)12-9-4-3-5-10(9)23-14(12)17-11(19)8-22-15(21)18-6-1-2-7-18/h1-8H2,(H2,16,20)(H,17,19). The van der Waals surface area contributed by atoms with Crippen LogP contribution in [0.5, 0.6) is 0 Å². The molecule has 1 saturated heterocycles. The molecule has 2 heterocycles. The monoisotopic (exact) mass is 369 g/mol. The number of hydrogen-bond donors (Lipinski definition) is 2. The number of nitrogens with two attached hydrogens (primary N) is 1. The molecule has 3 N–H and O–H groups in total. The van der Waals surface area contributed by atoms with Crippen LogP contribution in [-0.2, 0) is 17.6 Å². The lowest BCUT2D eigenvalue weighted by molar-refractivity contribution is -0.113. The molecular formula is C15H19N3O2S3. The molecule has 0 atom stereocenters. The van der Waals surface area contributed by atoms with Crippen LogP contribution in [-0.4, -0.2) is 39.9 Å². The van der Waals surface area contributed by atoms with Gasteiger partial charge in [0.1, 0.15) is 9.32 Å². The molecular weight excluding hydrogens is 350 g/mol. The fourth-order valence-electron chi connectivity index (χ4n) is 3.03. The third kappa shape index (κ3) is 3.70. The van der Waals surface area contributed by atoms with Crippen molar-refractivity contribution in [1.29, 1.82) is 0 Å². The van der Waals surface area contributed by atoms with Gasteiger partial charge in [0, 0.05) is 18.0 Å². The molecule has 1 fully saturated rings. The molecule has 0 aromatic carbocycles. The lowest BCUT2D eigenvalue weighted by Gasteiger charge is -2.17. The summed E-state index contributed by atoms with van der Waals surface area (Å²) in [6.07, 6.45) is 5.21. The Balaban J connectivity index is 1.60. The first kappa shape index (κ1) is 16.7. The van der Waals surface area contributed by atoms with Gasteiger partial charge in [-0.2, -0.15) is 0 Å². The Labute approximate surface area is 149 Å². The Hall–Kier alpha value is -1.12. The maximum atomic E-state index is 12.2. The Bertz CT molecular complexity index is 651. The molecule has 2 amide bonds. The first-order valence-corrected chi connectivity index (χ1v) is 9.93. The summed E-state index contributed by atoms with van der Waals surface area (Å²) in [5.41, 5.74) is 7.03. The second-order valence-electron chi connectivity index (χ2n) is 5.72. The van der Waals surface area contributed by atoms with Crippen molar-refractivity contribution in [2.45, 2.75) is 32.1 Å². The maximum Gasteiger partial charge on any atom is 0.251 e. The Morgan fingerprint density at radius 3 is 2.70 bits per heavy atom. The van der Waals surface area contributed by atoms with E-state index in [2.05, 4.69) is 10.2 Å². The quantitative estimate of drug-likeness (QED) is 0.797. The molecule has 23 heavy (non-hydrogen) atoms. The number of carbonyl (C=O) groups is 2. The summed E-state index contributed by atoms with van der Waals surface area (Å²) in [7, 11) is 0. The second kappa shape index (κ2) is 7.19. The summed E-state index contributed by atoms with van der Waals surface area (Å²) in [6, 6.07) is 0. The van der Waals surface area contributed by atoms with E-state index in [0.29, 0.717) is 10.6 Å². The number of anilines is 1. The van der Waals surface area contributed by atoms with Gasteiger partial charge in [-0.1, -0.05) is 24.0 Å². The van der Waals surface area contributed by atoms with Crippen molar-refractivity contribution in [2.24, 2.45) is 5.73 Å². The molecule has 124 valence electrons. The summed E-state index contributed by atoms with van der Waals surface area (Å²) in [5, 5.41) is 3.44. The molecule has 0 spiro atoms. The van der Waals surface area contributed by atoms with Gasteiger partial charge in [-0.15, -0.1) is 11.3 Å². The van der Waals surface area contributed by atoms with Gasteiger partial charge in [0.2, 0.25) is 5.91 Å². The van der Waals surface area contributed by atoms with Gasteiger partial charge in [-0.3, -0.25) is 9.59 Å². The normalized spacial score (nSPS) is 16.4.